The van der Waals surface area contributed by atoms with Gasteiger partial charge in [-0.1, -0.05) is 46.3 Å². The largest absolute Gasteiger partial charge is 0.365 e. The SMILES string of the molecule is CN(CC(=O)N/N=C/c1ccc(Br)cc1)c1ccccc1. The van der Waals surface area contributed by atoms with Gasteiger partial charge < -0.3 is 4.90 Å². The van der Waals surface area contributed by atoms with Crippen molar-refractivity contribution in [3.05, 3.63) is 64.6 Å². The standard InChI is InChI=1S/C16H16BrN3O/c1-20(15-5-3-2-4-6-15)12-16(21)19-18-11-13-7-9-14(17)10-8-13/h2-11H,12H2,1H3,(H,19,21)/b18-11+. The van der Waals surface area contributed by atoms with Gasteiger partial charge in [0.2, 0.25) is 0 Å². The molecule has 0 aromatic heterocycles. The van der Waals surface area contributed by atoms with E-state index in [1.54, 1.807) is 6.21 Å². The molecular formula is C16H16BrN3O. The molecule has 0 atom stereocenters. The fourth-order valence-electron chi connectivity index (χ4n) is 1.75. The minimum atomic E-state index is -0.158. The number of halogens is 1. The van der Waals surface area contributed by atoms with Crippen LogP contribution in [0.25, 0.3) is 0 Å². The lowest BCUT2D eigenvalue weighted by molar-refractivity contribution is -0.119. The van der Waals surface area contributed by atoms with Crippen LogP contribution in [-0.2, 0) is 4.79 Å². The van der Waals surface area contributed by atoms with Gasteiger partial charge in [-0.25, -0.2) is 5.43 Å². The van der Waals surface area contributed by atoms with Crippen molar-refractivity contribution in [3.8, 4) is 0 Å². The van der Waals surface area contributed by atoms with Gasteiger partial charge in [-0.15, -0.1) is 0 Å². The number of benzene rings is 2. The topological polar surface area (TPSA) is 44.7 Å². The maximum absolute atomic E-state index is 11.8. The Morgan fingerprint density at radius 2 is 1.86 bits per heavy atom. The highest BCUT2D eigenvalue weighted by Crippen LogP contribution is 2.10. The normalized spacial score (nSPS) is 10.6. The van der Waals surface area contributed by atoms with Crippen LogP contribution in [-0.4, -0.2) is 25.7 Å². The average molecular weight is 346 g/mol. The second-order valence-corrected chi connectivity index (χ2v) is 5.45. The molecule has 108 valence electrons. The minimum absolute atomic E-state index is 0.158. The van der Waals surface area contributed by atoms with Gasteiger partial charge in [0.25, 0.3) is 5.91 Å². The van der Waals surface area contributed by atoms with Crippen LogP contribution in [0, 0.1) is 0 Å². The third-order valence-corrected chi connectivity index (χ3v) is 3.38. The zero-order valence-electron chi connectivity index (χ0n) is 11.7. The number of rotatable bonds is 5. The van der Waals surface area contributed by atoms with Crippen LogP contribution in [0.4, 0.5) is 5.69 Å². The molecule has 0 bridgehead atoms. The van der Waals surface area contributed by atoms with E-state index in [1.165, 1.54) is 0 Å². The predicted octanol–water partition coefficient (Wildman–Crippen LogP) is 3.04. The number of likely N-dealkylation sites (N-methyl/N-ethyl adjacent to an activating group) is 1. The van der Waals surface area contributed by atoms with Crippen molar-refractivity contribution in [2.24, 2.45) is 5.10 Å². The van der Waals surface area contributed by atoms with Crippen molar-refractivity contribution in [1.82, 2.24) is 5.43 Å². The number of hydrogen-bond acceptors (Lipinski definition) is 3. The smallest absolute Gasteiger partial charge is 0.259 e. The van der Waals surface area contributed by atoms with Gasteiger partial charge in [0.05, 0.1) is 12.8 Å². The van der Waals surface area contributed by atoms with E-state index in [2.05, 4.69) is 26.5 Å². The zero-order chi connectivity index (χ0) is 15.1. The summed E-state index contributed by atoms with van der Waals surface area (Å²) in [5.74, 6) is -0.158. The molecule has 2 aromatic rings. The Labute approximate surface area is 132 Å². The summed E-state index contributed by atoms with van der Waals surface area (Å²) in [6, 6.07) is 17.4. The number of anilines is 1. The monoisotopic (exact) mass is 345 g/mol. The summed E-state index contributed by atoms with van der Waals surface area (Å²) in [5, 5.41) is 3.95. The molecule has 1 amide bonds. The summed E-state index contributed by atoms with van der Waals surface area (Å²) in [5.41, 5.74) is 4.44. The first kappa shape index (κ1) is 15.3. The van der Waals surface area contributed by atoms with E-state index in [1.807, 2.05) is 66.5 Å². The fraction of sp³-hybridized carbons (Fsp3) is 0.125. The molecule has 5 heteroatoms. The molecule has 21 heavy (non-hydrogen) atoms. The summed E-state index contributed by atoms with van der Waals surface area (Å²) in [4.78, 5) is 13.7. The van der Waals surface area contributed by atoms with Crippen LogP contribution in [0.5, 0.6) is 0 Å². The summed E-state index contributed by atoms with van der Waals surface area (Å²) in [7, 11) is 1.87. The molecular weight excluding hydrogens is 330 g/mol. The van der Waals surface area contributed by atoms with E-state index in [4.69, 9.17) is 0 Å². The quantitative estimate of drug-likeness (QED) is 0.668. The Bertz CT molecular complexity index is 611. The van der Waals surface area contributed by atoms with E-state index < -0.39 is 0 Å². The lowest BCUT2D eigenvalue weighted by Crippen LogP contribution is -2.32. The summed E-state index contributed by atoms with van der Waals surface area (Å²) in [6.07, 6.45) is 1.62. The second-order valence-electron chi connectivity index (χ2n) is 4.54. The Morgan fingerprint density at radius 3 is 2.52 bits per heavy atom. The van der Waals surface area contributed by atoms with E-state index >= 15 is 0 Å². The number of nitrogens with one attached hydrogen (secondary N) is 1. The number of hydrazone groups is 1. The fourth-order valence-corrected chi connectivity index (χ4v) is 2.02. The van der Waals surface area contributed by atoms with Gasteiger partial charge >= 0.3 is 0 Å². The molecule has 4 nitrogen and oxygen atoms in total. The van der Waals surface area contributed by atoms with Gasteiger partial charge in [-0.3, -0.25) is 4.79 Å². The Balaban J connectivity index is 1.83. The molecule has 0 radical (unpaired) electrons. The molecule has 0 saturated carbocycles. The van der Waals surface area contributed by atoms with E-state index in [9.17, 15) is 4.79 Å². The third kappa shape index (κ3) is 5.04. The molecule has 0 aliphatic heterocycles. The first-order valence-electron chi connectivity index (χ1n) is 6.49. The molecule has 0 fully saturated rings. The lowest BCUT2D eigenvalue weighted by Gasteiger charge is -2.17. The molecule has 0 aliphatic carbocycles. The van der Waals surface area contributed by atoms with Gasteiger partial charge in [-0.05, 0) is 29.8 Å². The Hall–Kier alpha value is -2.14. The number of hydrogen-bond donors (Lipinski definition) is 1. The number of carbonyl (C=O) groups excluding carboxylic acids is 1. The van der Waals surface area contributed by atoms with Crippen LogP contribution in [0.3, 0.4) is 0 Å². The molecule has 0 heterocycles. The third-order valence-electron chi connectivity index (χ3n) is 2.85. The highest BCUT2D eigenvalue weighted by atomic mass is 79.9. The maximum atomic E-state index is 11.8. The molecule has 2 rings (SSSR count). The van der Waals surface area contributed by atoms with E-state index in [0.717, 1.165) is 15.7 Å². The minimum Gasteiger partial charge on any atom is -0.365 e. The van der Waals surface area contributed by atoms with Crippen molar-refractivity contribution in [2.45, 2.75) is 0 Å². The van der Waals surface area contributed by atoms with Crippen molar-refractivity contribution in [2.75, 3.05) is 18.5 Å². The maximum Gasteiger partial charge on any atom is 0.259 e. The van der Waals surface area contributed by atoms with E-state index in [-0.39, 0.29) is 12.5 Å². The predicted molar refractivity (Wildman–Crippen MR) is 89.6 cm³/mol. The number of nitrogens with zero attached hydrogens (tertiary/aromatic N) is 2. The molecule has 2 aromatic carbocycles. The molecule has 1 N–H and O–H groups in total. The number of para-hydroxylation sites is 1. The van der Waals surface area contributed by atoms with Crippen LogP contribution in [0.2, 0.25) is 0 Å². The molecule has 0 saturated heterocycles. The summed E-state index contributed by atoms with van der Waals surface area (Å²) >= 11 is 3.37. The lowest BCUT2D eigenvalue weighted by atomic mass is 10.2. The summed E-state index contributed by atoms with van der Waals surface area (Å²) in [6.45, 7) is 0.252. The highest BCUT2D eigenvalue weighted by molar-refractivity contribution is 9.10. The Kier molecular flexibility index (Phi) is 5.51. The van der Waals surface area contributed by atoms with E-state index in [0.29, 0.717) is 0 Å². The van der Waals surface area contributed by atoms with Crippen molar-refractivity contribution >= 4 is 33.7 Å². The summed E-state index contributed by atoms with van der Waals surface area (Å²) < 4.78 is 1.01. The van der Waals surface area contributed by atoms with Crippen LogP contribution in [0.15, 0.2) is 64.2 Å². The first-order valence-corrected chi connectivity index (χ1v) is 7.28. The Morgan fingerprint density at radius 1 is 1.19 bits per heavy atom. The highest BCUT2D eigenvalue weighted by Gasteiger charge is 2.05. The van der Waals surface area contributed by atoms with Gasteiger partial charge in [0.15, 0.2) is 0 Å². The molecule has 0 spiro atoms. The number of carbonyl (C=O) groups is 1. The van der Waals surface area contributed by atoms with Crippen LogP contribution >= 0.6 is 15.9 Å². The molecule has 0 aliphatic rings. The average Bonchev–Trinajstić information content (AvgIpc) is 2.50. The van der Waals surface area contributed by atoms with Crippen molar-refractivity contribution in [1.29, 1.82) is 0 Å². The van der Waals surface area contributed by atoms with Gasteiger partial charge in [-0.2, -0.15) is 5.10 Å². The van der Waals surface area contributed by atoms with Crippen molar-refractivity contribution < 1.29 is 4.79 Å². The van der Waals surface area contributed by atoms with Crippen molar-refractivity contribution in [3.63, 3.8) is 0 Å². The van der Waals surface area contributed by atoms with Crippen LogP contribution in [0.1, 0.15) is 5.56 Å². The second kappa shape index (κ2) is 7.59. The molecule has 0 unspecified atom stereocenters. The zero-order valence-corrected chi connectivity index (χ0v) is 13.2. The number of amides is 1. The van der Waals surface area contributed by atoms with Crippen LogP contribution < -0.4 is 10.3 Å². The van der Waals surface area contributed by atoms with Gasteiger partial charge in [0.1, 0.15) is 0 Å². The van der Waals surface area contributed by atoms with Gasteiger partial charge in [0, 0.05) is 17.2 Å². The first-order chi connectivity index (χ1) is 10.1.